The molecule has 2 aliphatic heterocycles. The van der Waals surface area contributed by atoms with Crippen LogP contribution in [0.25, 0.3) is 11.2 Å². The van der Waals surface area contributed by atoms with Crippen LogP contribution in [0.1, 0.15) is 43.2 Å². The summed E-state index contributed by atoms with van der Waals surface area (Å²) in [4.78, 5) is 49.9. The number of fused-ring (bicyclic) bond motifs is 1. The van der Waals surface area contributed by atoms with Gasteiger partial charge in [-0.25, -0.2) is 31.8 Å². The molecular formula is C31H32F2N6O5S. The maximum Gasteiger partial charge on any atom is 0.327 e. The zero-order chi connectivity index (χ0) is 31.9. The van der Waals surface area contributed by atoms with Crippen LogP contribution in [0.2, 0.25) is 0 Å². The first kappa shape index (κ1) is 30.4. The normalized spacial score (nSPS) is 19.9. The number of nitrogens with one attached hydrogen (secondary N) is 2. The van der Waals surface area contributed by atoms with Gasteiger partial charge in [-0.1, -0.05) is 18.2 Å². The number of carbonyl (C=O) groups is 2. The lowest BCUT2D eigenvalue weighted by molar-refractivity contribution is -0.120. The smallest absolute Gasteiger partial charge is 0.326 e. The van der Waals surface area contributed by atoms with E-state index in [0.717, 1.165) is 12.3 Å². The van der Waals surface area contributed by atoms with E-state index in [-0.39, 0.29) is 47.3 Å². The van der Waals surface area contributed by atoms with Gasteiger partial charge in [-0.05, 0) is 67.6 Å². The fourth-order valence-electron chi connectivity index (χ4n) is 6.31. The van der Waals surface area contributed by atoms with E-state index < -0.39 is 45.4 Å². The van der Waals surface area contributed by atoms with Crippen molar-refractivity contribution in [3.05, 3.63) is 88.5 Å². The van der Waals surface area contributed by atoms with E-state index in [1.807, 2.05) is 6.07 Å². The number of H-pyrrole nitrogens is 1. The van der Waals surface area contributed by atoms with Crippen molar-refractivity contribution in [2.45, 2.75) is 48.6 Å². The highest BCUT2D eigenvalue weighted by atomic mass is 32.2. The standard InChI is InChI=1S/C31H32F2N6O5S/c1-45(43,44)22-6-2-5-21(17-22)38-18-19(23-7-3-8-24(32)27(23)33)10-11-25(29(38)40)35-30(41)37-15-12-20(13-16-37)39-26-9-4-14-34-28(26)36-31(39)42/h2-9,14,17,19-20,25H,10-13,15-16,18H2,1H3,(H,35,41)(H,34,36,42). The molecule has 4 heterocycles. The van der Waals surface area contributed by atoms with Gasteiger partial charge in [0, 0.05) is 49.7 Å². The van der Waals surface area contributed by atoms with Crippen LogP contribution in [0, 0.1) is 11.6 Å². The summed E-state index contributed by atoms with van der Waals surface area (Å²) in [6.45, 7) is 0.639. The third-order valence-electron chi connectivity index (χ3n) is 8.65. The van der Waals surface area contributed by atoms with E-state index >= 15 is 0 Å². The minimum absolute atomic E-state index is 0.000853. The maximum absolute atomic E-state index is 14.9. The molecule has 0 radical (unpaired) electrons. The first-order valence-electron chi connectivity index (χ1n) is 14.7. The van der Waals surface area contributed by atoms with Gasteiger partial charge in [0.25, 0.3) is 0 Å². The molecule has 0 saturated carbocycles. The molecule has 2 unspecified atom stereocenters. The Morgan fingerprint density at radius 1 is 1.00 bits per heavy atom. The van der Waals surface area contributed by atoms with Gasteiger partial charge in [0.2, 0.25) is 5.91 Å². The molecule has 0 bridgehead atoms. The number of aromatic amines is 1. The number of pyridine rings is 1. The van der Waals surface area contributed by atoms with Crippen LogP contribution in [0.3, 0.4) is 0 Å². The van der Waals surface area contributed by atoms with Gasteiger partial charge in [0.1, 0.15) is 6.04 Å². The Bertz CT molecular complexity index is 1940. The van der Waals surface area contributed by atoms with E-state index in [2.05, 4.69) is 15.3 Å². The fourth-order valence-corrected chi connectivity index (χ4v) is 6.97. The van der Waals surface area contributed by atoms with Crippen molar-refractivity contribution in [1.82, 2.24) is 24.8 Å². The topological polar surface area (TPSA) is 137 Å². The molecule has 2 aromatic heterocycles. The number of benzene rings is 2. The number of carbonyl (C=O) groups excluding carboxylic acids is 2. The van der Waals surface area contributed by atoms with Gasteiger partial charge < -0.3 is 15.1 Å². The van der Waals surface area contributed by atoms with Crippen molar-refractivity contribution in [2.75, 3.05) is 30.8 Å². The monoisotopic (exact) mass is 638 g/mol. The van der Waals surface area contributed by atoms with Crippen molar-refractivity contribution in [3.63, 3.8) is 0 Å². The molecule has 236 valence electrons. The molecule has 2 aromatic carbocycles. The molecule has 4 aromatic rings. The van der Waals surface area contributed by atoms with E-state index in [4.69, 9.17) is 0 Å². The molecule has 2 N–H and O–H groups in total. The fraction of sp³-hybridized carbons (Fsp3) is 0.355. The van der Waals surface area contributed by atoms with Crippen LogP contribution < -0.4 is 15.9 Å². The van der Waals surface area contributed by atoms with Crippen LogP contribution in [-0.4, -0.2) is 71.7 Å². The average Bonchev–Trinajstić information content (AvgIpc) is 3.28. The molecule has 11 nitrogen and oxygen atoms in total. The second kappa shape index (κ2) is 12.1. The second-order valence-corrected chi connectivity index (χ2v) is 13.5. The molecule has 2 aliphatic rings. The Kier molecular flexibility index (Phi) is 8.16. The summed E-state index contributed by atoms with van der Waals surface area (Å²) >= 11 is 0. The first-order chi connectivity index (χ1) is 21.5. The van der Waals surface area contributed by atoms with Gasteiger partial charge in [-0.2, -0.15) is 0 Å². The summed E-state index contributed by atoms with van der Waals surface area (Å²) in [6, 6.07) is 11.7. The minimum Gasteiger partial charge on any atom is -0.326 e. The van der Waals surface area contributed by atoms with E-state index in [0.29, 0.717) is 37.1 Å². The second-order valence-electron chi connectivity index (χ2n) is 11.5. The van der Waals surface area contributed by atoms with Gasteiger partial charge in [0.15, 0.2) is 27.1 Å². The molecule has 14 heteroatoms. The zero-order valence-electron chi connectivity index (χ0n) is 24.4. The molecule has 2 atom stereocenters. The van der Waals surface area contributed by atoms with E-state index in [1.165, 1.54) is 35.2 Å². The summed E-state index contributed by atoms with van der Waals surface area (Å²) in [5, 5.41) is 2.84. The molecule has 2 saturated heterocycles. The van der Waals surface area contributed by atoms with Crippen molar-refractivity contribution < 1.29 is 26.8 Å². The maximum atomic E-state index is 14.9. The Labute approximate surface area is 257 Å². The number of anilines is 1. The Balaban J connectivity index is 1.22. The van der Waals surface area contributed by atoms with Crippen LogP contribution in [0.15, 0.2) is 70.5 Å². The minimum atomic E-state index is -3.60. The van der Waals surface area contributed by atoms with Gasteiger partial charge in [-0.15, -0.1) is 0 Å². The molecule has 0 spiro atoms. The van der Waals surface area contributed by atoms with Crippen molar-refractivity contribution in [3.8, 4) is 0 Å². The number of hydrogen-bond acceptors (Lipinski definition) is 6. The number of hydrogen-bond donors (Lipinski definition) is 2. The van der Waals surface area contributed by atoms with Crippen molar-refractivity contribution >= 4 is 38.6 Å². The molecule has 45 heavy (non-hydrogen) atoms. The van der Waals surface area contributed by atoms with Gasteiger partial charge in [-0.3, -0.25) is 14.3 Å². The van der Waals surface area contributed by atoms with E-state index in [1.54, 1.807) is 27.8 Å². The Hall–Kier alpha value is -4.59. The first-order valence-corrected chi connectivity index (χ1v) is 16.6. The number of urea groups is 1. The number of piperidine rings is 1. The molecule has 0 aliphatic carbocycles. The summed E-state index contributed by atoms with van der Waals surface area (Å²) < 4.78 is 55.3. The number of nitrogens with zero attached hydrogens (tertiary/aromatic N) is 4. The van der Waals surface area contributed by atoms with Crippen LogP contribution in [-0.2, 0) is 14.6 Å². The van der Waals surface area contributed by atoms with Gasteiger partial charge in [0.05, 0.1) is 10.4 Å². The summed E-state index contributed by atoms with van der Waals surface area (Å²) in [7, 11) is -3.60. The van der Waals surface area contributed by atoms with Crippen LogP contribution in [0.5, 0.6) is 0 Å². The van der Waals surface area contributed by atoms with Crippen LogP contribution in [0.4, 0.5) is 19.3 Å². The van der Waals surface area contributed by atoms with Crippen molar-refractivity contribution in [2.24, 2.45) is 0 Å². The highest BCUT2D eigenvalue weighted by molar-refractivity contribution is 7.90. The SMILES string of the molecule is CS(=O)(=O)c1cccc(N2CC(c3cccc(F)c3F)CCC(NC(=O)N3CCC(n4c(=O)[nH]c5ncccc54)CC3)C2=O)c1. The lowest BCUT2D eigenvalue weighted by atomic mass is 9.93. The number of aromatic nitrogens is 3. The molecular weight excluding hydrogens is 606 g/mol. The summed E-state index contributed by atoms with van der Waals surface area (Å²) in [5.74, 6) is -3.11. The number of sulfone groups is 1. The predicted molar refractivity (Wildman–Crippen MR) is 163 cm³/mol. The number of likely N-dealkylation sites (tertiary alicyclic amines) is 1. The molecule has 3 amide bonds. The van der Waals surface area contributed by atoms with E-state index in [9.17, 15) is 31.6 Å². The van der Waals surface area contributed by atoms with Gasteiger partial charge >= 0.3 is 11.7 Å². The molecule has 2 fully saturated rings. The number of amides is 3. The highest BCUT2D eigenvalue weighted by Crippen LogP contribution is 2.33. The van der Waals surface area contributed by atoms with Crippen molar-refractivity contribution in [1.29, 1.82) is 0 Å². The third-order valence-corrected chi connectivity index (χ3v) is 9.76. The Morgan fingerprint density at radius 2 is 1.76 bits per heavy atom. The zero-order valence-corrected chi connectivity index (χ0v) is 25.3. The third kappa shape index (κ3) is 6.06. The Morgan fingerprint density at radius 3 is 2.51 bits per heavy atom. The average molecular weight is 639 g/mol. The quantitative estimate of drug-likeness (QED) is 0.342. The lowest BCUT2D eigenvalue weighted by Crippen LogP contribution is -2.53. The summed E-state index contributed by atoms with van der Waals surface area (Å²) in [6.07, 6.45) is 4.10. The lowest BCUT2D eigenvalue weighted by Gasteiger charge is -2.34. The summed E-state index contributed by atoms with van der Waals surface area (Å²) in [5.41, 5.74) is 1.30. The largest absolute Gasteiger partial charge is 0.327 e. The van der Waals surface area contributed by atoms with Crippen LogP contribution >= 0.6 is 0 Å². The number of halogens is 2. The number of rotatable bonds is 5. The highest BCUT2D eigenvalue weighted by Gasteiger charge is 2.36. The molecule has 6 rings (SSSR count). The number of imidazole rings is 1. The predicted octanol–water partition coefficient (Wildman–Crippen LogP) is 3.73.